The first kappa shape index (κ1) is 14.3. The minimum absolute atomic E-state index is 0.148. The number of rotatable bonds is 3. The van der Waals surface area contributed by atoms with Gasteiger partial charge < -0.3 is 9.88 Å². The van der Waals surface area contributed by atoms with E-state index in [0.717, 1.165) is 15.9 Å². The molecule has 0 fully saturated rings. The molecule has 3 nitrogen and oxygen atoms in total. The van der Waals surface area contributed by atoms with E-state index in [1.807, 2.05) is 19.6 Å². The fourth-order valence-electron chi connectivity index (χ4n) is 2.53. The Bertz CT molecular complexity index is 790. The fourth-order valence-corrected chi connectivity index (χ4v) is 3.01. The normalized spacial score (nSPS) is 12.0. The standard InChI is InChI=1S/C17H18BrN3/c1-17(2,19-3)16-10-20-11-21(16)15-9-8-14(18)12-6-4-5-7-13(12)15/h4-11,19H,1-3H3. The van der Waals surface area contributed by atoms with Crippen molar-refractivity contribution in [3.8, 4) is 5.69 Å². The molecule has 3 rings (SSSR count). The summed E-state index contributed by atoms with van der Waals surface area (Å²) in [6, 6.07) is 12.6. The van der Waals surface area contributed by atoms with Crippen molar-refractivity contribution in [2.75, 3.05) is 7.05 Å². The third-order valence-corrected chi connectivity index (χ3v) is 4.70. The highest BCUT2D eigenvalue weighted by molar-refractivity contribution is 9.10. The summed E-state index contributed by atoms with van der Waals surface area (Å²) in [6.45, 7) is 4.31. The van der Waals surface area contributed by atoms with Crippen molar-refractivity contribution in [2.24, 2.45) is 0 Å². The van der Waals surface area contributed by atoms with E-state index >= 15 is 0 Å². The molecule has 1 heterocycles. The number of nitrogens with zero attached hydrogens (tertiary/aromatic N) is 2. The first-order valence-corrected chi connectivity index (χ1v) is 7.73. The van der Waals surface area contributed by atoms with Gasteiger partial charge in [0.25, 0.3) is 0 Å². The van der Waals surface area contributed by atoms with Crippen molar-refractivity contribution >= 4 is 26.7 Å². The highest BCUT2D eigenvalue weighted by Crippen LogP contribution is 2.31. The van der Waals surface area contributed by atoms with E-state index < -0.39 is 0 Å². The first-order valence-electron chi connectivity index (χ1n) is 6.94. The van der Waals surface area contributed by atoms with Crippen LogP contribution in [-0.4, -0.2) is 16.6 Å². The van der Waals surface area contributed by atoms with Gasteiger partial charge in [0.05, 0.1) is 29.4 Å². The maximum absolute atomic E-state index is 4.35. The van der Waals surface area contributed by atoms with Gasteiger partial charge in [-0.3, -0.25) is 0 Å². The number of fused-ring (bicyclic) bond motifs is 1. The third-order valence-electron chi connectivity index (χ3n) is 4.01. The average Bonchev–Trinajstić information content (AvgIpc) is 2.98. The summed E-state index contributed by atoms with van der Waals surface area (Å²) in [5.41, 5.74) is 2.13. The maximum Gasteiger partial charge on any atom is 0.0995 e. The number of benzene rings is 2. The number of aromatic nitrogens is 2. The summed E-state index contributed by atoms with van der Waals surface area (Å²) < 4.78 is 3.27. The molecule has 1 N–H and O–H groups in total. The third kappa shape index (κ3) is 2.39. The van der Waals surface area contributed by atoms with Crippen LogP contribution >= 0.6 is 15.9 Å². The molecule has 3 aromatic rings. The van der Waals surface area contributed by atoms with Gasteiger partial charge in [-0.1, -0.05) is 40.2 Å². The van der Waals surface area contributed by atoms with E-state index in [4.69, 9.17) is 0 Å². The molecule has 0 saturated heterocycles. The summed E-state index contributed by atoms with van der Waals surface area (Å²) in [5.74, 6) is 0. The van der Waals surface area contributed by atoms with Gasteiger partial charge in [0.2, 0.25) is 0 Å². The smallest absolute Gasteiger partial charge is 0.0995 e. The van der Waals surface area contributed by atoms with Crippen molar-refractivity contribution in [1.82, 2.24) is 14.9 Å². The summed E-state index contributed by atoms with van der Waals surface area (Å²) in [5, 5.41) is 5.76. The number of hydrogen-bond donors (Lipinski definition) is 1. The molecule has 1 aromatic heterocycles. The molecule has 21 heavy (non-hydrogen) atoms. The molecule has 0 aliphatic carbocycles. The first-order chi connectivity index (χ1) is 10.0. The van der Waals surface area contributed by atoms with Gasteiger partial charge in [-0.25, -0.2) is 4.98 Å². The van der Waals surface area contributed by atoms with E-state index in [-0.39, 0.29) is 5.54 Å². The van der Waals surface area contributed by atoms with E-state index in [0.29, 0.717) is 0 Å². The Labute approximate surface area is 133 Å². The molecule has 0 saturated carbocycles. The second-order valence-corrected chi connectivity index (χ2v) is 6.49. The number of nitrogens with one attached hydrogen (secondary N) is 1. The second-order valence-electron chi connectivity index (χ2n) is 5.64. The lowest BCUT2D eigenvalue weighted by atomic mass is 10.0. The second kappa shape index (κ2) is 5.28. The number of hydrogen-bond acceptors (Lipinski definition) is 2. The molecule has 0 bridgehead atoms. The van der Waals surface area contributed by atoms with Gasteiger partial charge in [-0.2, -0.15) is 0 Å². The zero-order valence-corrected chi connectivity index (χ0v) is 14.0. The Balaban J connectivity index is 2.28. The van der Waals surface area contributed by atoms with Gasteiger partial charge in [-0.15, -0.1) is 0 Å². The van der Waals surface area contributed by atoms with Crippen LogP contribution in [0.15, 0.2) is 53.4 Å². The van der Waals surface area contributed by atoms with E-state index in [2.05, 4.69) is 81.0 Å². The lowest BCUT2D eigenvalue weighted by Gasteiger charge is -2.26. The lowest BCUT2D eigenvalue weighted by Crippen LogP contribution is -2.35. The van der Waals surface area contributed by atoms with Crippen LogP contribution in [0.25, 0.3) is 16.5 Å². The minimum Gasteiger partial charge on any atom is -0.310 e. The van der Waals surface area contributed by atoms with E-state index in [1.165, 1.54) is 10.8 Å². The molecular formula is C17H18BrN3. The molecule has 0 unspecified atom stereocenters. The topological polar surface area (TPSA) is 29.9 Å². The van der Waals surface area contributed by atoms with Gasteiger partial charge in [-0.05, 0) is 38.4 Å². The van der Waals surface area contributed by atoms with Crippen molar-refractivity contribution in [3.05, 3.63) is 59.1 Å². The fraction of sp³-hybridized carbons (Fsp3) is 0.235. The zero-order chi connectivity index (χ0) is 15.0. The van der Waals surface area contributed by atoms with Gasteiger partial charge in [0, 0.05) is 9.86 Å². The summed E-state index contributed by atoms with van der Waals surface area (Å²) in [7, 11) is 1.97. The molecule has 0 amide bonds. The van der Waals surface area contributed by atoms with Crippen LogP contribution in [0.5, 0.6) is 0 Å². The molecule has 0 atom stereocenters. The van der Waals surface area contributed by atoms with Crippen molar-refractivity contribution in [1.29, 1.82) is 0 Å². The van der Waals surface area contributed by atoms with Crippen LogP contribution in [0.4, 0.5) is 0 Å². The van der Waals surface area contributed by atoms with Crippen molar-refractivity contribution in [3.63, 3.8) is 0 Å². The molecule has 4 heteroatoms. The van der Waals surface area contributed by atoms with Crippen molar-refractivity contribution in [2.45, 2.75) is 19.4 Å². The predicted octanol–water partition coefficient (Wildman–Crippen LogP) is 4.24. The Hall–Kier alpha value is -1.65. The number of halogens is 1. The van der Waals surface area contributed by atoms with Crippen LogP contribution in [0.1, 0.15) is 19.5 Å². The monoisotopic (exact) mass is 343 g/mol. The van der Waals surface area contributed by atoms with Gasteiger partial charge in [0.1, 0.15) is 0 Å². The van der Waals surface area contributed by atoms with Crippen LogP contribution in [0, 0.1) is 0 Å². The predicted molar refractivity (Wildman–Crippen MR) is 90.9 cm³/mol. The quantitative estimate of drug-likeness (QED) is 0.770. The molecule has 2 aromatic carbocycles. The summed E-state index contributed by atoms with van der Waals surface area (Å²) in [4.78, 5) is 4.35. The van der Waals surface area contributed by atoms with Crippen LogP contribution < -0.4 is 5.32 Å². The minimum atomic E-state index is -0.148. The molecule has 0 radical (unpaired) electrons. The zero-order valence-electron chi connectivity index (χ0n) is 12.4. The molecular weight excluding hydrogens is 326 g/mol. The Morgan fingerprint density at radius 2 is 1.81 bits per heavy atom. The maximum atomic E-state index is 4.35. The lowest BCUT2D eigenvalue weighted by molar-refractivity contribution is 0.425. The van der Waals surface area contributed by atoms with Crippen LogP contribution in [0.3, 0.4) is 0 Å². The van der Waals surface area contributed by atoms with Crippen molar-refractivity contribution < 1.29 is 0 Å². The molecule has 0 aliphatic heterocycles. The number of imidazole rings is 1. The highest BCUT2D eigenvalue weighted by Gasteiger charge is 2.23. The molecule has 0 spiro atoms. The van der Waals surface area contributed by atoms with Gasteiger partial charge >= 0.3 is 0 Å². The SMILES string of the molecule is CNC(C)(C)c1cncn1-c1ccc(Br)c2ccccc12. The highest BCUT2D eigenvalue weighted by atomic mass is 79.9. The summed E-state index contributed by atoms with van der Waals surface area (Å²) in [6.07, 6.45) is 3.80. The largest absolute Gasteiger partial charge is 0.310 e. The molecule has 0 aliphatic rings. The van der Waals surface area contributed by atoms with E-state index in [9.17, 15) is 0 Å². The Kier molecular flexibility index (Phi) is 3.59. The molecule has 108 valence electrons. The van der Waals surface area contributed by atoms with E-state index in [1.54, 1.807) is 0 Å². The van der Waals surface area contributed by atoms with Crippen LogP contribution in [0.2, 0.25) is 0 Å². The Morgan fingerprint density at radius 1 is 1.10 bits per heavy atom. The Morgan fingerprint density at radius 3 is 2.52 bits per heavy atom. The average molecular weight is 344 g/mol. The van der Waals surface area contributed by atoms with Gasteiger partial charge in [0.15, 0.2) is 0 Å². The van der Waals surface area contributed by atoms with Crippen LogP contribution in [-0.2, 0) is 5.54 Å². The summed E-state index contributed by atoms with van der Waals surface area (Å²) >= 11 is 3.63.